The van der Waals surface area contributed by atoms with E-state index < -0.39 is 0 Å². The Bertz CT molecular complexity index is 543. The molecule has 0 saturated carbocycles. The van der Waals surface area contributed by atoms with Gasteiger partial charge in [-0.05, 0) is 42.4 Å². The van der Waals surface area contributed by atoms with Crippen LogP contribution in [0.5, 0.6) is 0 Å². The quantitative estimate of drug-likeness (QED) is 0.885. The van der Waals surface area contributed by atoms with E-state index in [2.05, 4.69) is 45.3 Å². The number of nitrogens with zero attached hydrogens (tertiary/aromatic N) is 4. The second-order valence-electron chi connectivity index (χ2n) is 4.41. The maximum Gasteiger partial charge on any atom is 0.0839 e. The molecule has 0 saturated heterocycles. The van der Waals surface area contributed by atoms with Gasteiger partial charge in [0.15, 0.2) is 0 Å². The van der Waals surface area contributed by atoms with Gasteiger partial charge in [0.2, 0.25) is 0 Å². The van der Waals surface area contributed by atoms with Crippen LogP contribution in [0.4, 0.5) is 0 Å². The molecule has 5 nitrogen and oxygen atoms in total. The molecule has 2 aromatic heterocycles. The summed E-state index contributed by atoms with van der Waals surface area (Å²) in [6, 6.07) is 2.04. The monoisotopic (exact) mass is 325 g/mol. The van der Waals surface area contributed by atoms with Crippen LogP contribution in [-0.2, 0) is 26.1 Å². The van der Waals surface area contributed by atoms with Gasteiger partial charge in [-0.3, -0.25) is 9.36 Å². The van der Waals surface area contributed by atoms with Crippen LogP contribution < -0.4 is 5.32 Å². The Kier molecular flexibility index (Phi) is 4.76. The summed E-state index contributed by atoms with van der Waals surface area (Å²) in [5.74, 6) is 0. The predicted octanol–water partition coefficient (Wildman–Crippen LogP) is 2.19. The molecule has 0 aliphatic heterocycles. The molecule has 0 aliphatic carbocycles. The van der Waals surface area contributed by atoms with Crippen molar-refractivity contribution >= 4 is 15.9 Å². The maximum atomic E-state index is 4.60. The van der Waals surface area contributed by atoms with Crippen molar-refractivity contribution in [2.24, 2.45) is 0 Å². The van der Waals surface area contributed by atoms with E-state index in [1.807, 2.05) is 28.7 Å². The predicted molar refractivity (Wildman–Crippen MR) is 79.1 cm³/mol. The molecule has 0 radical (unpaired) electrons. The average molecular weight is 326 g/mol. The van der Waals surface area contributed by atoms with E-state index in [1.54, 1.807) is 0 Å². The Morgan fingerprint density at radius 1 is 1.32 bits per heavy atom. The summed E-state index contributed by atoms with van der Waals surface area (Å²) in [6.45, 7) is 6.64. The lowest BCUT2D eigenvalue weighted by molar-refractivity contribution is 0.568. The largest absolute Gasteiger partial charge is 0.314 e. The van der Waals surface area contributed by atoms with E-state index in [9.17, 15) is 0 Å². The number of rotatable bonds is 6. The SMILES string of the molecule is CCc1nn(CC)c(Cn2ccc(CNC)n2)c1Br. The number of aryl methyl sites for hydroxylation is 2. The Morgan fingerprint density at radius 2 is 2.11 bits per heavy atom. The van der Waals surface area contributed by atoms with E-state index in [4.69, 9.17) is 0 Å². The summed E-state index contributed by atoms with van der Waals surface area (Å²) in [4.78, 5) is 0. The molecule has 0 bridgehead atoms. The van der Waals surface area contributed by atoms with Crippen LogP contribution in [0, 0.1) is 0 Å². The van der Waals surface area contributed by atoms with E-state index in [0.717, 1.165) is 41.9 Å². The third-order valence-electron chi connectivity index (χ3n) is 3.06. The lowest BCUT2D eigenvalue weighted by Gasteiger charge is -2.05. The van der Waals surface area contributed by atoms with Crippen LogP contribution >= 0.6 is 15.9 Å². The van der Waals surface area contributed by atoms with E-state index in [-0.39, 0.29) is 0 Å². The Balaban J connectivity index is 2.23. The zero-order valence-electron chi connectivity index (χ0n) is 11.6. The average Bonchev–Trinajstić information content (AvgIpc) is 2.97. The molecule has 0 unspecified atom stereocenters. The third-order valence-corrected chi connectivity index (χ3v) is 3.98. The van der Waals surface area contributed by atoms with E-state index in [1.165, 1.54) is 5.69 Å². The van der Waals surface area contributed by atoms with Gasteiger partial charge in [0.05, 0.1) is 28.1 Å². The van der Waals surface area contributed by atoms with Gasteiger partial charge in [-0.15, -0.1) is 0 Å². The maximum absolute atomic E-state index is 4.60. The first-order valence-corrected chi connectivity index (χ1v) is 7.39. The molecular weight excluding hydrogens is 306 g/mol. The summed E-state index contributed by atoms with van der Waals surface area (Å²) in [5, 5.41) is 12.2. The molecule has 0 aromatic carbocycles. The minimum atomic E-state index is 0.741. The molecule has 2 heterocycles. The van der Waals surface area contributed by atoms with Crippen molar-refractivity contribution in [1.82, 2.24) is 24.9 Å². The molecule has 2 rings (SSSR count). The molecule has 1 N–H and O–H groups in total. The molecule has 0 amide bonds. The third kappa shape index (κ3) is 3.06. The zero-order chi connectivity index (χ0) is 13.8. The molecule has 0 spiro atoms. The van der Waals surface area contributed by atoms with Crippen LogP contribution in [0.2, 0.25) is 0 Å². The van der Waals surface area contributed by atoms with Crippen molar-refractivity contribution in [1.29, 1.82) is 0 Å². The van der Waals surface area contributed by atoms with Gasteiger partial charge >= 0.3 is 0 Å². The smallest absolute Gasteiger partial charge is 0.0839 e. The molecule has 6 heteroatoms. The first kappa shape index (κ1) is 14.3. The first-order chi connectivity index (χ1) is 9.19. The fourth-order valence-corrected chi connectivity index (χ4v) is 2.78. The van der Waals surface area contributed by atoms with Gasteiger partial charge in [-0.2, -0.15) is 10.2 Å². The van der Waals surface area contributed by atoms with Gasteiger partial charge < -0.3 is 5.32 Å². The van der Waals surface area contributed by atoms with Crippen LogP contribution in [0.25, 0.3) is 0 Å². The molecule has 0 atom stereocenters. The summed E-state index contributed by atoms with van der Waals surface area (Å²) in [5.41, 5.74) is 3.34. The van der Waals surface area contributed by atoms with Gasteiger partial charge in [0.1, 0.15) is 0 Å². The summed E-state index contributed by atoms with van der Waals surface area (Å²) in [7, 11) is 1.93. The first-order valence-electron chi connectivity index (χ1n) is 6.60. The summed E-state index contributed by atoms with van der Waals surface area (Å²) < 4.78 is 5.12. The highest BCUT2D eigenvalue weighted by molar-refractivity contribution is 9.10. The number of hydrogen-bond acceptors (Lipinski definition) is 3. The highest BCUT2D eigenvalue weighted by atomic mass is 79.9. The Labute approximate surface area is 122 Å². The Hall–Kier alpha value is -1.14. The standard InChI is InChI=1S/C13H20BrN5/c1-4-11-13(14)12(19(5-2)17-11)9-18-7-6-10(16-18)8-15-3/h6-7,15H,4-5,8-9H2,1-3H3. The molecular formula is C13H20BrN5. The van der Waals surface area contributed by atoms with Gasteiger partial charge in [-0.25, -0.2) is 0 Å². The Morgan fingerprint density at radius 3 is 2.74 bits per heavy atom. The van der Waals surface area contributed by atoms with Crippen molar-refractivity contribution in [3.05, 3.63) is 33.8 Å². The fraction of sp³-hybridized carbons (Fsp3) is 0.538. The minimum Gasteiger partial charge on any atom is -0.314 e. The van der Waals surface area contributed by atoms with Gasteiger partial charge in [-0.1, -0.05) is 6.92 Å². The normalized spacial score (nSPS) is 11.2. The van der Waals surface area contributed by atoms with Crippen LogP contribution in [0.1, 0.15) is 30.9 Å². The second-order valence-corrected chi connectivity index (χ2v) is 5.20. The van der Waals surface area contributed by atoms with Crippen molar-refractivity contribution < 1.29 is 0 Å². The number of halogens is 1. The molecule has 0 aliphatic rings. The van der Waals surface area contributed by atoms with Crippen LogP contribution in [-0.4, -0.2) is 26.6 Å². The van der Waals surface area contributed by atoms with E-state index >= 15 is 0 Å². The highest BCUT2D eigenvalue weighted by Gasteiger charge is 2.14. The van der Waals surface area contributed by atoms with Gasteiger partial charge in [0.25, 0.3) is 0 Å². The lowest BCUT2D eigenvalue weighted by Crippen LogP contribution is -2.10. The highest BCUT2D eigenvalue weighted by Crippen LogP contribution is 2.23. The van der Waals surface area contributed by atoms with Crippen molar-refractivity contribution in [3.63, 3.8) is 0 Å². The molecule has 2 aromatic rings. The number of aromatic nitrogens is 4. The minimum absolute atomic E-state index is 0.741. The van der Waals surface area contributed by atoms with Crippen molar-refractivity contribution in [2.45, 2.75) is 39.9 Å². The second kappa shape index (κ2) is 6.34. The lowest BCUT2D eigenvalue weighted by atomic mass is 10.3. The van der Waals surface area contributed by atoms with Crippen LogP contribution in [0.3, 0.4) is 0 Å². The molecule has 19 heavy (non-hydrogen) atoms. The van der Waals surface area contributed by atoms with Crippen LogP contribution in [0.15, 0.2) is 16.7 Å². The topological polar surface area (TPSA) is 47.7 Å². The number of hydrogen-bond donors (Lipinski definition) is 1. The van der Waals surface area contributed by atoms with Crippen molar-refractivity contribution in [2.75, 3.05) is 7.05 Å². The summed E-state index contributed by atoms with van der Waals surface area (Å²) in [6.07, 6.45) is 2.95. The fourth-order valence-electron chi connectivity index (χ4n) is 2.09. The molecule has 104 valence electrons. The summed E-state index contributed by atoms with van der Waals surface area (Å²) >= 11 is 3.66. The van der Waals surface area contributed by atoms with Gasteiger partial charge in [0, 0.05) is 19.3 Å². The number of nitrogens with one attached hydrogen (secondary N) is 1. The molecule has 0 fully saturated rings. The van der Waals surface area contributed by atoms with E-state index in [0.29, 0.717) is 0 Å². The zero-order valence-corrected chi connectivity index (χ0v) is 13.2. The van der Waals surface area contributed by atoms with Crippen molar-refractivity contribution in [3.8, 4) is 0 Å².